The van der Waals surface area contributed by atoms with Gasteiger partial charge in [-0.25, -0.2) is 0 Å². The molecule has 0 spiro atoms. The summed E-state index contributed by atoms with van der Waals surface area (Å²) in [5.74, 6) is 0. The summed E-state index contributed by atoms with van der Waals surface area (Å²) in [5.41, 5.74) is 6.81. The summed E-state index contributed by atoms with van der Waals surface area (Å²) in [6, 6.07) is 0. The lowest BCUT2D eigenvalue weighted by atomic mass is 10.1. The van der Waals surface area contributed by atoms with Gasteiger partial charge in [0.05, 0.1) is 6.26 Å². The van der Waals surface area contributed by atoms with Gasteiger partial charge < -0.3 is 4.74 Å². The first-order valence-electron chi connectivity index (χ1n) is 3.61. The van der Waals surface area contributed by atoms with Crippen molar-refractivity contribution >= 4 is 0 Å². The molecule has 1 heterocycles. The van der Waals surface area contributed by atoms with Gasteiger partial charge in [0.15, 0.2) is 6.23 Å². The minimum Gasteiger partial charge on any atom is -0.479 e. The zero-order valence-corrected chi connectivity index (χ0v) is 6.21. The van der Waals surface area contributed by atoms with Gasteiger partial charge in [-0.3, -0.25) is 5.73 Å². The molecule has 0 saturated carbocycles. The third-order valence-electron chi connectivity index (χ3n) is 1.52. The van der Waals surface area contributed by atoms with E-state index >= 15 is 0 Å². The molecular formula is C8H13NO. The van der Waals surface area contributed by atoms with E-state index in [1.54, 1.807) is 6.26 Å². The molecule has 0 saturated heterocycles. The van der Waals surface area contributed by atoms with Gasteiger partial charge in [0.1, 0.15) is 0 Å². The first-order valence-corrected chi connectivity index (χ1v) is 3.61. The van der Waals surface area contributed by atoms with Gasteiger partial charge in [-0.05, 0) is 18.1 Å². The van der Waals surface area contributed by atoms with Gasteiger partial charge in [-0.2, -0.15) is 0 Å². The fourth-order valence-electron chi connectivity index (χ4n) is 0.989. The molecule has 0 aromatic rings. The Bertz CT molecular complexity index is 161. The molecule has 2 heteroatoms. The second kappa shape index (κ2) is 3.42. The Morgan fingerprint density at radius 3 is 3.10 bits per heavy atom. The topological polar surface area (TPSA) is 35.2 Å². The van der Waals surface area contributed by atoms with Crippen LogP contribution in [0.1, 0.15) is 19.8 Å². The molecule has 1 rings (SSSR count). The van der Waals surface area contributed by atoms with Crippen LogP contribution in [0.4, 0.5) is 0 Å². The maximum Gasteiger partial charge on any atom is 0.169 e. The lowest BCUT2D eigenvalue weighted by molar-refractivity contribution is 0.174. The smallest absolute Gasteiger partial charge is 0.169 e. The van der Waals surface area contributed by atoms with Gasteiger partial charge in [0, 0.05) is 0 Å². The van der Waals surface area contributed by atoms with Crippen molar-refractivity contribution in [3.05, 3.63) is 24.0 Å². The first-order chi connectivity index (χ1) is 4.84. The third-order valence-corrected chi connectivity index (χ3v) is 1.52. The molecule has 1 aliphatic rings. The lowest BCUT2D eigenvalue weighted by Gasteiger charge is -2.17. The molecule has 0 amide bonds. The van der Waals surface area contributed by atoms with E-state index in [2.05, 4.69) is 6.92 Å². The van der Waals surface area contributed by atoms with E-state index in [1.807, 2.05) is 12.2 Å². The molecule has 1 atom stereocenters. The van der Waals surface area contributed by atoms with Crippen molar-refractivity contribution in [2.75, 3.05) is 0 Å². The summed E-state index contributed by atoms with van der Waals surface area (Å²) in [6.45, 7) is 2.13. The number of rotatable bonds is 2. The summed E-state index contributed by atoms with van der Waals surface area (Å²) in [6.07, 6.45) is 7.49. The Balaban J connectivity index is 2.52. The zero-order chi connectivity index (χ0) is 7.40. The molecule has 10 heavy (non-hydrogen) atoms. The normalized spacial score (nSPS) is 23.8. The average molecular weight is 139 g/mol. The number of nitrogens with two attached hydrogens (primary N) is 1. The molecule has 1 unspecified atom stereocenters. The molecular weight excluding hydrogens is 126 g/mol. The van der Waals surface area contributed by atoms with Crippen LogP contribution in [0.2, 0.25) is 0 Å². The highest BCUT2D eigenvalue weighted by Crippen LogP contribution is 2.13. The zero-order valence-electron chi connectivity index (χ0n) is 6.21. The Morgan fingerprint density at radius 2 is 2.50 bits per heavy atom. The van der Waals surface area contributed by atoms with E-state index in [0.717, 1.165) is 12.8 Å². The van der Waals surface area contributed by atoms with E-state index in [-0.39, 0.29) is 6.23 Å². The fourth-order valence-corrected chi connectivity index (χ4v) is 0.989. The lowest BCUT2D eigenvalue weighted by Crippen LogP contribution is -2.25. The van der Waals surface area contributed by atoms with E-state index in [4.69, 9.17) is 10.5 Å². The quantitative estimate of drug-likeness (QED) is 0.629. The van der Waals surface area contributed by atoms with Crippen LogP contribution in [0, 0.1) is 0 Å². The average Bonchev–Trinajstić information content (AvgIpc) is 1.94. The minimum absolute atomic E-state index is 0.204. The van der Waals surface area contributed by atoms with Crippen molar-refractivity contribution in [2.45, 2.75) is 26.0 Å². The van der Waals surface area contributed by atoms with Crippen LogP contribution in [0.25, 0.3) is 0 Å². The predicted molar refractivity (Wildman–Crippen MR) is 41.2 cm³/mol. The molecule has 0 aliphatic carbocycles. The van der Waals surface area contributed by atoms with Gasteiger partial charge in [-0.15, -0.1) is 0 Å². The Labute approximate surface area is 61.4 Å². The summed E-state index contributed by atoms with van der Waals surface area (Å²) in [7, 11) is 0. The van der Waals surface area contributed by atoms with Crippen LogP contribution in [0.15, 0.2) is 24.0 Å². The number of allylic oxidation sites excluding steroid dienone is 2. The van der Waals surface area contributed by atoms with Crippen molar-refractivity contribution in [2.24, 2.45) is 5.73 Å². The van der Waals surface area contributed by atoms with Crippen LogP contribution in [-0.2, 0) is 4.74 Å². The minimum atomic E-state index is -0.204. The molecule has 56 valence electrons. The van der Waals surface area contributed by atoms with Crippen molar-refractivity contribution in [1.29, 1.82) is 0 Å². The standard InChI is InChI=1S/C8H13NO/c1-2-4-7-5-3-6-10-8(7)9/h3,5-6,8H,2,4,9H2,1H3. The highest BCUT2D eigenvalue weighted by molar-refractivity contribution is 5.17. The molecule has 0 radical (unpaired) electrons. The molecule has 0 aromatic heterocycles. The van der Waals surface area contributed by atoms with E-state index in [9.17, 15) is 0 Å². The fraction of sp³-hybridized carbons (Fsp3) is 0.500. The molecule has 2 N–H and O–H groups in total. The second-order valence-electron chi connectivity index (χ2n) is 2.38. The highest BCUT2D eigenvalue weighted by atomic mass is 16.5. The van der Waals surface area contributed by atoms with Crippen LogP contribution >= 0.6 is 0 Å². The Morgan fingerprint density at radius 1 is 1.70 bits per heavy atom. The number of hydrogen-bond donors (Lipinski definition) is 1. The van der Waals surface area contributed by atoms with Crippen molar-refractivity contribution in [3.63, 3.8) is 0 Å². The van der Waals surface area contributed by atoms with Crippen LogP contribution < -0.4 is 5.73 Å². The van der Waals surface area contributed by atoms with Gasteiger partial charge in [0.2, 0.25) is 0 Å². The van der Waals surface area contributed by atoms with Crippen molar-refractivity contribution in [3.8, 4) is 0 Å². The largest absolute Gasteiger partial charge is 0.479 e. The second-order valence-corrected chi connectivity index (χ2v) is 2.38. The molecule has 2 nitrogen and oxygen atoms in total. The molecule has 0 fully saturated rings. The summed E-state index contributed by atoms with van der Waals surface area (Å²) < 4.78 is 5.07. The van der Waals surface area contributed by atoms with Crippen molar-refractivity contribution in [1.82, 2.24) is 0 Å². The molecule has 0 aromatic carbocycles. The molecule has 1 aliphatic heterocycles. The Hall–Kier alpha value is -0.760. The summed E-state index contributed by atoms with van der Waals surface area (Å²) >= 11 is 0. The van der Waals surface area contributed by atoms with Gasteiger partial charge in [0.25, 0.3) is 0 Å². The van der Waals surface area contributed by atoms with Crippen molar-refractivity contribution < 1.29 is 4.74 Å². The maximum atomic E-state index is 5.62. The highest BCUT2D eigenvalue weighted by Gasteiger charge is 2.08. The van der Waals surface area contributed by atoms with Crippen LogP contribution in [0.5, 0.6) is 0 Å². The van der Waals surface area contributed by atoms with Crippen LogP contribution in [-0.4, -0.2) is 6.23 Å². The van der Waals surface area contributed by atoms with E-state index < -0.39 is 0 Å². The molecule has 0 bridgehead atoms. The monoisotopic (exact) mass is 139 g/mol. The third kappa shape index (κ3) is 1.61. The SMILES string of the molecule is CCCC1=CC=COC1N. The van der Waals surface area contributed by atoms with E-state index in [0.29, 0.717) is 0 Å². The first kappa shape index (κ1) is 7.35. The summed E-state index contributed by atoms with van der Waals surface area (Å²) in [5, 5.41) is 0. The Kier molecular flexibility index (Phi) is 2.51. The number of ether oxygens (including phenoxy) is 1. The van der Waals surface area contributed by atoms with Gasteiger partial charge >= 0.3 is 0 Å². The van der Waals surface area contributed by atoms with Crippen LogP contribution in [0.3, 0.4) is 0 Å². The summed E-state index contributed by atoms with van der Waals surface area (Å²) in [4.78, 5) is 0. The number of hydrogen-bond acceptors (Lipinski definition) is 2. The maximum absolute atomic E-state index is 5.62. The van der Waals surface area contributed by atoms with Gasteiger partial charge in [-0.1, -0.05) is 19.4 Å². The predicted octanol–water partition coefficient (Wildman–Crippen LogP) is 1.54. The van der Waals surface area contributed by atoms with E-state index in [1.165, 1.54) is 5.57 Å².